The predicted octanol–water partition coefficient (Wildman–Crippen LogP) is 3.76. The molecule has 2 nitrogen and oxygen atoms in total. The summed E-state index contributed by atoms with van der Waals surface area (Å²) in [7, 11) is 0. The number of hydrogen-bond donors (Lipinski definition) is 2. The minimum absolute atomic E-state index is 0.611. The van der Waals surface area contributed by atoms with Gasteiger partial charge >= 0.3 is 0 Å². The molecule has 0 saturated heterocycles. The second-order valence-electron chi connectivity index (χ2n) is 5.37. The fourth-order valence-electron chi connectivity index (χ4n) is 2.45. The van der Waals surface area contributed by atoms with Crippen LogP contribution in [0.5, 0.6) is 0 Å². The van der Waals surface area contributed by atoms with Gasteiger partial charge in [0.2, 0.25) is 0 Å². The number of rotatable bonds is 11. The van der Waals surface area contributed by atoms with Gasteiger partial charge in [0.15, 0.2) is 0 Å². The second-order valence-corrected chi connectivity index (χ2v) is 5.37. The van der Waals surface area contributed by atoms with Gasteiger partial charge in [-0.15, -0.1) is 0 Å². The Hall–Kier alpha value is -0.0800. The van der Waals surface area contributed by atoms with Crippen LogP contribution in [0.3, 0.4) is 0 Å². The van der Waals surface area contributed by atoms with Crippen LogP contribution in [0.25, 0.3) is 0 Å². The first-order valence-electron chi connectivity index (χ1n) is 7.34. The number of nitrogens with one attached hydrogen (secondary N) is 1. The van der Waals surface area contributed by atoms with E-state index in [-0.39, 0.29) is 0 Å². The first-order valence-corrected chi connectivity index (χ1v) is 7.34. The van der Waals surface area contributed by atoms with E-state index in [1.54, 1.807) is 0 Å². The van der Waals surface area contributed by atoms with E-state index in [4.69, 9.17) is 5.84 Å². The van der Waals surface area contributed by atoms with E-state index in [2.05, 4.69) is 12.3 Å². The average molecular weight is 226 g/mol. The Morgan fingerprint density at radius 2 is 1.56 bits per heavy atom. The molecule has 0 aliphatic heterocycles. The average Bonchev–Trinajstić information content (AvgIpc) is 3.11. The number of hydrogen-bond acceptors (Lipinski definition) is 2. The van der Waals surface area contributed by atoms with Crippen molar-refractivity contribution in [3.63, 3.8) is 0 Å². The first kappa shape index (κ1) is 14.0. The predicted molar refractivity (Wildman–Crippen MR) is 71.1 cm³/mol. The standard InChI is InChI=1S/C14H30N2/c1-2-3-4-5-6-7-8-9-10-14(16-15)13-11-12-13/h13-14,16H,2-12,15H2,1H3. The molecule has 3 N–H and O–H groups in total. The van der Waals surface area contributed by atoms with E-state index in [9.17, 15) is 0 Å². The zero-order valence-corrected chi connectivity index (χ0v) is 11.0. The Kier molecular flexibility index (Phi) is 7.87. The SMILES string of the molecule is CCCCCCCCCCC(NN)C1CC1. The molecule has 16 heavy (non-hydrogen) atoms. The summed E-state index contributed by atoms with van der Waals surface area (Å²) in [5.41, 5.74) is 2.98. The van der Waals surface area contributed by atoms with E-state index in [1.807, 2.05) is 0 Å². The molecule has 1 aliphatic carbocycles. The largest absolute Gasteiger partial charge is 0.271 e. The molecule has 0 spiro atoms. The minimum Gasteiger partial charge on any atom is -0.271 e. The molecular formula is C14H30N2. The quantitative estimate of drug-likeness (QED) is 0.320. The summed E-state index contributed by atoms with van der Waals surface area (Å²) in [5.74, 6) is 6.46. The maximum absolute atomic E-state index is 5.56. The lowest BCUT2D eigenvalue weighted by Crippen LogP contribution is -2.36. The first-order chi connectivity index (χ1) is 7.88. The summed E-state index contributed by atoms with van der Waals surface area (Å²) in [6.07, 6.45) is 15.3. The van der Waals surface area contributed by atoms with Gasteiger partial charge in [0.1, 0.15) is 0 Å². The lowest BCUT2D eigenvalue weighted by atomic mass is 10.0. The van der Waals surface area contributed by atoms with Gasteiger partial charge in [0, 0.05) is 6.04 Å². The Morgan fingerprint density at radius 1 is 1.00 bits per heavy atom. The number of hydrazine groups is 1. The maximum Gasteiger partial charge on any atom is 0.0238 e. The van der Waals surface area contributed by atoms with E-state index < -0.39 is 0 Å². The van der Waals surface area contributed by atoms with Gasteiger partial charge < -0.3 is 0 Å². The molecule has 2 heteroatoms. The number of unbranched alkanes of at least 4 members (excludes halogenated alkanes) is 7. The van der Waals surface area contributed by atoms with E-state index >= 15 is 0 Å². The van der Waals surface area contributed by atoms with Crippen molar-refractivity contribution in [1.29, 1.82) is 0 Å². The highest BCUT2D eigenvalue weighted by atomic mass is 15.2. The summed E-state index contributed by atoms with van der Waals surface area (Å²) in [4.78, 5) is 0. The molecule has 0 bridgehead atoms. The van der Waals surface area contributed by atoms with Crippen LogP contribution in [0.4, 0.5) is 0 Å². The Morgan fingerprint density at radius 3 is 2.06 bits per heavy atom. The third-order valence-electron chi connectivity index (χ3n) is 3.77. The van der Waals surface area contributed by atoms with Crippen LogP contribution in [0.15, 0.2) is 0 Å². The molecule has 1 saturated carbocycles. The van der Waals surface area contributed by atoms with Crippen molar-refractivity contribution in [2.24, 2.45) is 11.8 Å². The highest BCUT2D eigenvalue weighted by molar-refractivity contribution is 4.84. The topological polar surface area (TPSA) is 38.0 Å². The molecule has 0 heterocycles. The normalized spacial score (nSPS) is 17.6. The van der Waals surface area contributed by atoms with Gasteiger partial charge in [-0.05, 0) is 25.2 Å². The Bertz CT molecular complexity index is 155. The van der Waals surface area contributed by atoms with Gasteiger partial charge in [-0.1, -0.05) is 58.3 Å². The van der Waals surface area contributed by atoms with Crippen LogP contribution >= 0.6 is 0 Å². The molecule has 1 rings (SSSR count). The molecule has 0 aromatic rings. The third-order valence-corrected chi connectivity index (χ3v) is 3.77. The summed E-state index contributed by atoms with van der Waals surface area (Å²) < 4.78 is 0. The molecule has 0 aromatic carbocycles. The molecule has 0 radical (unpaired) electrons. The monoisotopic (exact) mass is 226 g/mol. The van der Waals surface area contributed by atoms with Gasteiger partial charge in [0.05, 0.1) is 0 Å². The van der Waals surface area contributed by atoms with Gasteiger partial charge in [0.25, 0.3) is 0 Å². The fraction of sp³-hybridized carbons (Fsp3) is 1.00. The van der Waals surface area contributed by atoms with Crippen molar-refractivity contribution in [2.45, 2.75) is 83.6 Å². The number of nitrogens with two attached hydrogens (primary N) is 1. The van der Waals surface area contributed by atoms with E-state index in [0.717, 1.165) is 5.92 Å². The van der Waals surface area contributed by atoms with Crippen LogP contribution in [-0.2, 0) is 0 Å². The van der Waals surface area contributed by atoms with Crippen molar-refractivity contribution in [3.8, 4) is 0 Å². The molecule has 0 amide bonds. The highest BCUT2D eigenvalue weighted by Gasteiger charge is 2.29. The van der Waals surface area contributed by atoms with Crippen LogP contribution in [0.2, 0.25) is 0 Å². The van der Waals surface area contributed by atoms with Gasteiger partial charge in [-0.3, -0.25) is 11.3 Å². The van der Waals surface area contributed by atoms with Crippen molar-refractivity contribution in [1.82, 2.24) is 5.43 Å². The molecule has 1 aliphatic rings. The molecule has 1 fully saturated rings. The van der Waals surface area contributed by atoms with Crippen LogP contribution in [-0.4, -0.2) is 6.04 Å². The highest BCUT2D eigenvalue weighted by Crippen LogP contribution is 2.34. The minimum atomic E-state index is 0.611. The molecule has 1 atom stereocenters. The lowest BCUT2D eigenvalue weighted by molar-refractivity contribution is 0.422. The Labute approximate surface area is 101 Å². The summed E-state index contributed by atoms with van der Waals surface area (Å²) in [6, 6.07) is 0.611. The smallest absolute Gasteiger partial charge is 0.0238 e. The molecule has 96 valence electrons. The third kappa shape index (κ3) is 6.49. The van der Waals surface area contributed by atoms with Crippen LogP contribution < -0.4 is 11.3 Å². The van der Waals surface area contributed by atoms with Crippen molar-refractivity contribution in [3.05, 3.63) is 0 Å². The van der Waals surface area contributed by atoms with Crippen molar-refractivity contribution < 1.29 is 0 Å². The van der Waals surface area contributed by atoms with Gasteiger partial charge in [-0.25, -0.2) is 0 Å². The van der Waals surface area contributed by atoms with Crippen LogP contribution in [0.1, 0.15) is 77.6 Å². The van der Waals surface area contributed by atoms with E-state index in [0.29, 0.717) is 6.04 Å². The Balaban J connectivity index is 1.80. The van der Waals surface area contributed by atoms with Crippen molar-refractivity contribution in [2.75, 3.05) is 0 Å². The van der Waals surface area contributed by atoms with Crippen LogP contribution in [0, 0.1) is 5.92 Å². The zero-order chi connectivity index (χ0) is 11.6. The lowest BCUT2D eigenvalue weighted by Gasteiger charge is -2.14. The maximum atomic E-state index is 5.56. The summed E-state index contributed by atoms with van der Waals surface area (Å²) in [5, 5.41) is 0. The van der Waals surface area contributed by atoms with Gasteiger partial charge in [-0.2, -0.15) is 0 Å². The second kappa shape index (κ2) is 9.00. The molecular weight excluding hydrogens is 196 g/mol. The fourth-order valence-corrected chi connectivity index (χ4v) is 2.45. The summed E-state index contributed by atoms with van der Waals surface area (Å²) in [6.45, 7) is 2.28. The zero-order valence-electron chi connectivity index (χ0n) is 11.0. The van der Waals surface area contributed by atoms with E-state index in [1.165, 1.54) is 70.6 Å². The molecule has 1 unspecified atom stereocenters. The molecule has 0 aromatic heterocycles. The van der Waals surface area contributed by atoms with Crippen molar-refractivity contribution >= 4 is 0 Å². The summed E-state index contributed by atoms with van der Waals surface area (Å²) >= 11 is 0.